The molecule has 1 aromatic heterocycles. The van der Waals surface area contributed by atoms with Crippen LogP contribution in [-0.4, -0.2) is 203 Å². The first-order valence-corrected chi connectivity index (χ1v) is 23.6. The molecule has 2 fully saturated rings. The maximum Gasteiger partial charge on any atom is 0.409 e. The summed E-state index contributed by atoms with van der Waals surface area (Å²) >= 11 is 0. The minimum Gasteiger partial charge on any atom is -0.447 e. The summed E-state index contributed by atoms with van der Waals surface area (Å²) in [5, 5.41) is 3.02. The van der Waals surface area contributed by atoms with Crippen molar-refractivity contribution in [1.29, 1.82) is 0 Å². The van der Waals surface area contributed by atoms with E-state index in [9.17, 15) is 19.2 Å². The number of hydrogen-bond acceptors (Lipinski definition) is 15. The number of benzene rings is 2. The SMILES string of the molecule is COCCOCCOCCOCCOCCOCCOCCOC(=O)N1CCCN(CCN(C)C(=O)c2cccc(C(=O)Nc3ccc(N4CCCCC4)cc3-c3cc(C(N)=O)ccn3)c2)CC1. The molecular formula is C49H71N7O12. The highest BCUT2D eigenvalue weighted by atomic mass is 16.6. The van der Waals surface area contributed by atoms with Crippen LogP contribution in [0.1, 0.15) is 56.8 Å². The number of nitrogens with one attached hydrogen (secondary N) is 1. The van der Waals surface area contributed by atoms with Crippen LogP contribution in [0, 0.1) is 0 Å². The van der Waals surface area contributed by atoms with Crippen LogP contribution in [0.4, 0.5) is 16.2 Å². The van der Waals surface area contributed by atoms with Crippen molar-refractivity contribution >= 4 is 35.2 Å². The Morgan fingerprint density at radius 2 is 1.26 bits per heavy atom. The van der Waals surface area contributed by atoms with Gasteiger partial charge in [0.25, 0.3) is 11.8 Å². The number of likely N-dealkylation sites (N-methyl/N-ethyl adjacent to an activating group) is 1. The van der Waals surface area contributed by atoms with Crippen molar-refractivity contribution in [3.63, 3.8) is 0 Å². The number of aromatic nitrogens is 1. The number of nitrogens with zero attached hydrogens (tertiary/aromatic N) is 5. The minimum atomic E-state index is -0.571. The lowest BCUT2D eigenvalue weighted by molar-refractivity contribution is -0.0209. The number of primary amides is 1. The van der Waals surface area contributed by atoms with E-state index in [1.165, 1.54) is 12.6 Å². The lowest BCUT2D eigenvalue weighted by atomic mass is 10.0. The second-order valence-corrected chi connectivity index (χ2v) is 16.3. The average molecular weight is 950 g/mol. The van der Waals surface area contributed by atoms with Crippen molar-refractivity contribution < 1.29 is 57.1 Å². The highest BCUT2D eigenvalue weighted by molar-refractivity contribution is 6.08. The zero-order valence-corrected chi connectivity index (χ0v) is 39.9. The van der Waals surface area contributed by atoms with Gasteiger partial charge in [0.05, 0.1) is 97.3 Å². The van der Waals surface area contributed by atoms with Crippen LogP contribution in [0.15, 0.2) is 60.8 Å². The predicted molar refractivity (Wildman–Crippen MR) is 256 cm³/mol. The molecule has 2 aliphatic heterocycles. The van der Waals surface area contributed by atoms with Crippen molar-refractivity contribution in [2.75, 3.05) is 169 Å². The summed E-state index contributed by atoms with van der Waals surface area (Å²) in [6.45, 7) is 11.6. The number of carbonyl (C=O) groups is 4. The van der Waals surface area contributed by atoms with Gasteiger partial charge in [-0.2, -0.15) is 0 Å². The summed E-state index contributed by atoms with van der Waals surface area (Å²) in [6.07, 6.45) is 5.31. The zero-order chi connectivity index (χ0) is 48.2. The molecule has 19 nitrogen and oxygen atoms in total. The van der Waals surface area contributed by atoms with E-state index in [0.29, 0.717) is 146 Å². The van der Waals surface area contributed by atoms with E-state index in [2.05, 4.69) is 20.1 Å². The molecule has 2 aromatic carbocycles. The minimum absolute atomic E-state index is 0.141. The zero-order valence-electron chi connectivity index (χ0n) is 39.9. The molecule has 0 bridgehead atoms. The molecular weight excluding hydrogens is 879 g/mol. The second kappa shape index (κ2) is 31.0. The monoisotopic (exact) mass is 950 g/mol. The van der Waals surface area contributed by atoms with Gasteiger partial charge in [0.15, 0.2) is 0 Å². The third-order valence-corrected chi connectivity index (χ3v) is 11.4. The van der Waals surface area contributed by atoms with Gasteiger partial charge in [-0.25, -0.2) is 4.79 Å². The lowest BCUT2D eigenvalue weighted by Crippen LogP contribution is -2.39. The fourth-order valence-electron chi connectivity index (χ4n) is 7.53. The summed E-state index contributed by atoms with van der Waals surface area (Å²) in [7, 11) is 3.38. The van der Waals surface area contributed by atoms with Crippen molar-refractivity contribution in [3.8, 4) is 11.3 Å². The second-order valence-electron chi connectivity index (χ2n) is 16.3. The first-order valence-electron chi connectivity index (χ1n) is 23.6. The number of methoxy groups -OCH3 is 1. The van der Waals surface area contributed by atoms with Gasteiger partial charge in [-0.15, -0.1) is 0 Å². The third kappa shape index (κ3) is 19.0. The topological polar surface area (TPSA) is 206 Å². The fourth-order valence-corrected chi connectivity index (χ4v) is 7.53. The Morgan fingerprint density at radius 3 is 1.90 bits per heavy atom. The molecule has 0 spiro atoms. The smallest absolute Gasteiger partial charge is 0.409 e. The molecule has 0 radical (unpaired) electrons. The molecule has 3 heterocycles. The average Bonchev–Trinajstić information content (AvgIpc) is 3.62. The van der Waals surface area contributed by atoms with Crippen molar-refractivity contribution in [2.45, 2.75) is 25.7 Å². The van der Waals surface area contributed by atoms with Gasteiger partial charge in [0.2, 0.25) is 5.91 Å². The van der Waals surface area contributed by atoms with E-state index < -0.39 is 11.8 Å². The number of nitrogens with two attached hydrogens (primary N) is 1. The van der Waals surface area contributed by atoms with Crippen LogP contribution in [0.2, 0.25) is 0 Å². The van der Waals surface area contributed by atoms with Crippen LogP contribution < -0.4 is 16.0 Å². The van der Waals surface area contributed by atoms with Crippen LogP contribution in [0.25, 0.3) is 11.3 Å². The van der Waals surface area contributed by atoms with Gasteiger partial charge in [-0.1, -0.05) is 6.07 Å². The van der Waals surface area contributed by atoms with E-state index in [4.69, 9.17) is 43.6 Å². The number of anilines is 2. The van der Waals surface area contributed by atoms with Crippen LogP contribution in [-0.2, 0) is 37.9 Å². The Balaban J connectivity index is 0.948. The number of ether oxygens (including phenoxy) is 8. The van der Waals surface area contributed by atoms with E-state index in [1.54, 1.807) is 60.4 Å². The van der Waals surface area contributed by atoms with Crippen LogP contribution in [0.5, 0.6) is 0 Å². The van der Waals surface area contributed by atoms with Crippen LogP contribution >= 0.6 is 0 Å². The summed E-state index contributed by atoms with van der Waals surface area (Å²) in [5.74, 6) is -1.18. The number of hydrogen-bond donors (Lipinski definition) is 2. The Bertz CT molecular complexity index is 1990. The Labute approximate surface area is 400 Å². The third-order valence-electron chi connectivity index (χ3n) is 11.4. The quantitative estimate of drug-likeness (QED) is 0.0905. The first kappa shape index (κ1) is 53.7. The van der Waals surface area contributed by atoms with Crippen molar-refractivity contribution in [1.82, 2.24) is 19.7 Å². The summed E-state index contributed by atoms with van der Waals surface area (Å²) < 4.78 is 43.2. The van der Waals surface area contributed by atoms with E-state index in [-0.39, 0.29) is 25.2 Å². The molecule has 3 N–H and O–H groups in total. The molecule has 3 aromatic rings. The maximum absolute atomic E-state index is 13.7. The van der Waals surface area contributed by atoms with Crippen molar-refractivity contribution in [3.05, 3.63) is 77.5 Å². The van der Waals surface area contributed by atoms with Gasteiger partial charge in [0, 0.05) is 94.1 Å². The Morgan fingerprint density at radius 1 is 0.647 bits per heavy atom. The molecule has 2 aliphatic rings. The largest absolute Gasteiger partial charge is 0.447 e. The molecule has 2 saturated heterocycles. The number of rotatable bonds is 30. The van der Waals surface area contributed by atoms with Crippen LogP contribution in [0.3, 0.4) is 0 Å². The summed E-state index contributed by atoms with van der Waals surface area (Å²) in [6, 6.07) is 15.6. The summed E-state index contributed by atoms with van der Waals surface area (Å²) in [4.78, 5) is 64.6. The maximum atomic E-state index is 13.7. The number of amides is 4. The van der Waals surface area contributed by atoms with Gasteiger partial charge < -0.3 is 63.6 Å². The molecule has 5 rings (SSSR count). The first-order chi connectivity index (χ1) is 33.2. The van der Waals surface area contributed by atoms with Gasteiger partial charge in [-0.3, -0.25) is 24.3 Å². The fraction of sp³-hybridized carbons (Fsp3) is 0.571. The van der Waals surface area contributed by atoms with E-state index in [0.717, 1.165) is 44.6 Å². The van der Waals surface area contributed by atoms with E-state index >= 15 is 0 Å². The highest BCUT2D eigenvalue weighted by Crippen LogP contribution is 2.33. The molecule has 0 unspecified atom stereocenters. The van der Waals surface area contributed by atoms with Gasteiger partial charge >= 0.3 is 6.09 Å². The Hall–Kier alpha value is -5.25. The number of piperidine rings is 1. The lowest BCUT2D eigenvalue weighted by Gasteiger charge is -2.29. The normalized spacial score (nSPS) is 14.4. The predicted octanol–water partition coefficient (Wildman–Crippen LogP) is 4.05. The molecule has 374 valence electrons. The summed E-state index contributed by atoms with van der Waals surface area (Å²) in [5.41, 5.74) is 9.28. The number of carbonyl (C=O) groups excluding carboxylic acids is 4. The molecule has 0 atom stereocenters. The standard InChI is InChI=1S/C49H71N7O12/c1-53(18-19-54-14-7-17-56(21-20-54)49(60)68-35-34-67-33-32-66-31-30-65-29-28-64-27-26-63-25-24-62-23-22-61-2)48(59)41-9-6-8-40(36-41)47(58)52-44-11-10-42(55-15-4-3-5-16-55)38-43(44)45-37-39(46(50)57)12-13-51-45/h6,8-13,36-38H,3-5,7,14-35H2,1-2H3,(H2,50,57)(H,52,58). The molecule has 68 heavy (non-hydrogen) atoms. The number of pyridine rings is 1. The van der Waals surface area contributed by atoms with Gasteiger partial charge in [0.1, 0.15) is 6.61 Å². The molecule has 4 amide bonds. The van der Waals surface area contributed by atoms with Gasteiger partial charge in [-0.05, 0) is 80.8 Å². The highest BCUT2D eigenvalue weighted by Gasteiger charge is 2.22. The molecule has 0 saturated carbocycles. The van der Waals surface area contributed by atoms with Crippen molar-refractivity contribution in [2.24, 2.45) is 5.73 Å². The van der Waals surface area contributed by atoms with E-state index in [1.807, 2.05) is 18.2 Å². The molecule has 19 heteroatoms. The molecule has 0 aliphatic carbocycles. The Kier molecular flexibility index (Phi) is 24.5.